The molecule has 0 radical (unpaired) electrons. The zero-order valence-electron chi connectivity index (χ0n) is 13.9. The first-order valence-electron chi connectivity index (χ1n) is 7.63. The number of nitro benzene ring substituents is 1. The zero-order chi connectivity index (χ0) is 18.9. The van der Waals surface area contributed by atoms with E-state index in [-0.39, 0.29) is 18.0 Å². The van der Waals surface area contributed by atoms with Crippen LogP contribution in [0.25, 0.3) is 0 Å². The van der Waals surface area contributed by atoms with Gasteiger partial charge < -0.3 is 10.6 Å². The molecule has 3 amide bonds. The highest BCUT2D eigenvalue weighted by Gasteiger charge is 2.08. The van der Waals surface area contributed by atoms with E-state index in [1.54, 1.807) is 31.2 Å². The molecule has 0 aromatic heterocycles. The van der Waals surface area contributed by atoms with Crippen molar-refractivity contribution in [3.05, 3.63) is 64.7 Å². The highest BCUT2D eigenvalue weighted by Crippen LogP contribution is 2.15. The second-order valence-corrected chi connectivity index (χ2v) is 5.31. The lowest BCUT2D eigenvalue weighted by Crippen LogP contribution is -2.26. The Morgan fingerprint density at radius 3 is 2.23 bits per heavy atom. The van der Waals surface area contributed by atoms with E-state index in [9.17, 15) is 19.7 Å². The molecule has 0 aliphatic rings. The number of para-hydroxylation sites is 1. The van der Waals surface area contributed by atoms with Crippen molar-refractivity contribution in [3.8, 4) is 0 Å². The number of hydrogen-bond donors (Lipinski definition) is 3. The van der Waals surface area contributed by atoms with E-state index in [0.29, 0.717) is 17.1 Å². The van der Waals surface area contributed by atoms with Gasteiger partial charge in [-0.15, -0.1) is 0 Å². The van der Waals surface area contributed by atoms with Gasteiger partial charge in [-0.1, -0.05) is 18.2 Å². The van der Waals surface area contributed by atoms with Crippen LogP contribution in [0.15, 0.2) is 59.7 Å². The summed E-state index contributed by atoms with van der Waals surface area (Å²) in [5.41, 5.74) is 3.69. The molecule has 0 heterocycles. The molecule has 3 N–H and O–H groups in total. The minimum atomic E-state index is -0.522. The average Bonchev–Trinajstić information content (AvgIpc) is 2.61. The van der Waals surface area contributed by atoms with E-state index in [1.165, 1.54) is 24.3 Å². The van der Waals surface area contributed by atoms with Gasteiger partial charge in [-0.3, -0.25) is 14.9 Å². The number of nitro groups is 1. The topological polar surface area (TPSA) is 126 Å². The molecule has 0 saturated heterocycles. The number of nitrogens with one attached hydrogen (secondary N) is 3. The second kappa shape index (κ2) is 8.92. The van der Waals surface area contributed by atoms with Crippen molar-refractivity contribution in [2.45, 2.75) is 13.3 Å². The van der Waals surface area contributed by atoms with Gasteiger partial charge >= 0.3 is 6.03 Å². The Morgan fingerprint density at radius 1 is 1.00 bits per heavy atom. The first-order chi connectivity index (χ1) is 12.4. The lowest BCUT2D eigenvalue weighted by molar-refractivity contribution is -0.384. The zero-order valence-corrected chi connectivity index (χ0v) is 13.9. The van der Waals surface area contributed by atoms with Crippen LogP contribution in [0, 0.1) is 10.1 Å². The molecule has 26 heavy (non-hydrogen) atoms. The summed E-state index contributed by atoms with van der Waals surface area (Å²) in [7, 11) is 0. The summed E-state index contributed by atoms with van der Waals surface area (Å²) in [6.45, 7) is 1.60. The van der Waals surface area contributed by atoms with Gasteiger partial charge in [0.1, 0.15) is 0 Å². The van der Waals surface area contributed by atoms with Gasteiger partial charge in [-0.2, -0.15) is 5.10 Å². The van der Waals surface area contributed by atoms with Gasteiger partial charge in [-0.25, -0.2) is 10.2 Å². The van der Waals surface area contributed by atoms with Crippen molar-refractivity contribution in [2.24, 2.45) is 5.10 Å². The molecule has 0 spiro atoms. The minimum absolute atomic E-state index is 0.0391. The normalized spacial score (nSPS) is 10.7. The number of rotatable bonds is 6. The van der Waals surface area contributed by atoms with Crippen molar-refractivity contribution in [2.75, 3.05) is 10.6 Å². The van der Waals surface area contributed by atoms with E-state index in [1.807, 2.05) is 6.07 Å². The maximum atomic E-state index is 11.9. The summed E-state index contributed by atoms with van der Waals surface area (Å²) in [5.74, 6) is -0.356. The lowest BCUT2D eigenvalue weighted by atomic mass is 10.2. The molecule has 0 unspecified atom stereocenters. The average molecular weight is 355 g/mol. The Bertz CT molecular complexity index is 819. The Labute approximate surface area is 149 Å². The molecule has 2 aromatic carbocycles. The predicted molar refractivity (Wildman–Crippen MR) is 98.0 cm³/mol. The molecule has 134 valence electrons. The van der Waals surface area contributed by atoms with Crippen LogP contribution < -0.4 is 16.1 Å². The molecular weight excluding hydrogens is 338 g/mol. The summed E-state index contributed by atoms with van der Waals surface area (Å²) in [6, 6.07) is 13.8. The summed E-state index contributed by atoms with van der Waals surface area (Å²) in [6.07, 6.45) is -0.0391. The van der Waals surface area contributed by atoms with Crippen LogP contribution in [-0.2, 0) is 4.79 Å². The summed E-state index contributed by atoms with van der Waals surface area (Å²) in [4.78, 5) is 33.7. The van der Waals surface area contributed by atoms with E-state index < -0.39 is 11.0 Å². The van der Waals surface area contributed by atoms with Crippen molar-refractivity contribution in [3.63, 3.8) is 0 Å². The van der Waals surface area contributed by atoms with Gasteiger partial charge in [0, 0.05) is 29.2 Å². The Hall–Kier alpha value is -3.75. The molecule has 0 bridgehead atoms. The fraction of sp³-hybridized carbons (Fsp3) is 0.118. The van der Waals surface area contributed by atoms with Crippen molar-refractivity contribution in [1.82, 2.24) is 5.43 Å². The largest absolute Gasteiger partial charge is 0.339 e. The molecule has 0 aliphatic heterocycles. The van der Waals surface area contributed by atoms with Crippen molar-refractivity contribution < 1.29 is 14.5 Å². The molecule has 9 nitrogen and oxygen atoms in total. The van der Waals surface area contributed by atoms with E-state index in [0.717, 1.165) is 0 Å². The Kier molecular flexibility index (Phi) is 6.38. The number of carbonyl (C=O) groups excluding carboxylic acids is 2. The highest BCUT2D eigenvalue weighted by molar-refractivity contribution is 6.05. The van der Waals surface area contributed by atoms with E-state index in [4.69, 9.17) is 0 Å². The van der Waals surface area contributed by atoms with E-state index in [2.05, 4.69) is 21.2 Å². The summed E-state index contributed by atoms with van der Waals surface area (Å²) in [5, 5.41) is 19.6. The molecule has 2 aromatic rings. The molecular formula is C17H17N5O4. The van der Waals surface area contributed by atoms with Crippen LogP contribution in [0.2, 0.25) is 0 Å². The molecule has 0 aliphatic carbocycles. The molecule has 0 atom stereocenters. The fourth-order valence-electron chi connectivity index (χ4n) is 1.97. The summed E-state index contributed by atoms with van der Waals surface area (Å²) >= 11 is 0. The first-order valence-corrected chi connectivity index (χ1v) is 7.63. The number of carbonyl (C=O) groups is 2. The third kappa shape index (κ3) is 6.04. The van der Waals surface area contributed by atoms with Gasteiger partial charge in [0.05, 0.1) is 11.3 Å². The van der Waals surface area contributed by atoms with Crippen molar-refractivity contribution >= 4 is 34.7 Å². The SMILES string of the molecule is CC(CC(=O)Nc1ccc([N+](=O)[O-])cc1)=NNC(=O)Nc1ccccc1. The maximum absolute atomic E-state index is 11.9. The molecule has 2 rings (SSSR count). The van der Waals surface area contributed by atoms with Crippen LogP contribution in [-0.4, -0.2) is 22.6 Å². The molecule has 0 saturated carbocycles. The second-order valence-electron chi connectivity index (χ2n) is 5.31. The minimum Gasteiger partial charge on any atom is -0.326 e. The first kappa shape index (κ1) is 18.6. The fourth-order valence-corrected chi connectivity index (χ4v) is 1.97. The van der Waals surface area contributed by atoms with Crippen LogP contribution >= 0.6 is 0 Å². The number of amides is 3. The number of benzene rings is 2. The maximum Gasteiger partial charge on any atom is 0.339 e. The van der Waals surface area contributed by atoms with Crippen molar-refractivity contribution in [1.29, 1.82) is 0 Å². The number of anilines is 2. The number of urea groups is 1. The van der Waals surface area contributed by atoms with Gasteiger partial charge in [0.15, 0.2) is 0 Å². The number of non-ortho nitro benzene ring substituents is 1. The lowest BCUT2D eigenvalue weighted by Gasteiger charge is -2.06. The van der Waals surface area contributed by atoms with Gasteiger partial charge in [0.2, 0.25) is 5.91 Å². The number of hydrazone groups is 1. The van der Waals surface area contributed by atoms with Gasteiger partial charge in [0.25, 0.3) is 5.69 Å². The molecule has 9 heteroatoms. The van der Waals surface area contributed by atoms with Crippen LogP contribution in [0.4, 0.5) is 21.9 Å². The Morgan fingerprint density at radius 2 is 1.62 bits per heavy atom. The highest BCUT2D eigenvalue weighted by atomic mass is 16.6. The van der Waals surface area contributed by atoms with E-state index >= 15 is 0 Å². The van der Waals surface area contributed by atoms with Gasteiger partial charge in [-0.05, 0) is 31.2 Å². The van der Waals surface area contributed by atoms with Crippen LogP contribution in [0.3, 0.4) is 0 Å². The number of nitrogens with zero attached hydrogens (tertiary/aromatic N) is 2. The standard InChI is InChI=1S/C17H17N5O4/c1-12(20-21-17(24)19-13-5-3-2-4-6-13)11-16(23)18-14-7-9-15(10-8-14)22(25)26/h2-10H,11H2,1H3,(H,18,23)(H2,19,21,24). The third-order valence-corrected chi connectivity index (χ3v) is 3.16. The Balaban J connectivity index is 1.81. The monoisotopic (exact) mass is 355 g/mol. The number of hydrogen-bond acceptors (Lipinski definition) is 5. The smallest absolute Gasteiger partial charge is 0.326 e. The molecule has 0 fully saturated rings. The predicted octanol–water partition coefficient (Wildman–Crippen LogP) is 3.12. The third-order valence-electron chi connectivity index (χ3n) is 3.16. The van der Waals surface area contributed by atoms with Crippen LogP contribution in [0.5, 0.6) is 0 Å². The summed E-state index contributed by atoms with van der Waals surface area (Å²) < 4.78 is 0. The van der Waals surface area contributed by atoms with Crippen LogP contribution in [0.1, 0.15) is 13.3 Å². The quantitative estimate of drug-likeness (QED) is 0.418.